The first kappa shape index (κ1) is 13.9. The Hall–Kier alpha value is -0.0800. The zero-order valence-corrected chi connectivity index (χ0v) is 10.1. The predicted octanol–water partition coefficient (Wildman–Crippen LogP) is 3.05. The van der Waals surface area contributed by atoms with E-state index < -0.39 is 0 Å². The van der Waals surface area contributed by atoms with Crippen molar-refractivity contribution in [2.24, 2.45) is 0 Å². The summed E-state index contributed by atoms with van der Waals surface area (Å²) >= 11 is 0. The molecule has 0 aliphatic heterocycles. The summed E-state index contributed by atoms with van der Waals surface area (Å²) < 4.78 is 0. The van der Waals surface area contributed by atoms with Gasteiger partial charge in [-0.05, 0) is 20.3 Å². The molecular formula is C12H27NO. The predicted molar refractivity (Wildman–Crippen MR) is 62.3 cm³/mol. The SMILES string of the molecule is CCCCCCCCC(C)NC(C)O. The van der Waals surface area contributed by atoms with Crippen molar-refractivity contribution < 1.29 is 5.11 Å². The minimum absolute atomic E-state index is 0.370. The Kier molecular flexibility index (Phi) is 9.42. The number of aliphatic hydroxyl groups excluding tert-OH is 1. The summed E-state index contributed by atoms with van der Waals surface area (Å²) in [5, 5.41) is 12.2. The molecule has 2 unspecified atom stereocenters. The number of aliphatic hydroxyl groups is 1. The maximum Gasteiger partial charge on any atom is 0.102 e. The molecule has 0 rings (SSSR count). The van der Waals surface area contributed by atoms with Crippen molar-refractivity contribution in [3.05, 3.63) is 0 Å². The monoisotopic (exact) mass is 201 g/mol. The van der Waals surface area contributed by atoms with Gasteiger partial charge in [-0.15, -0.1) is 0 Å². The van der Waals surface area contributed by atoms with E-state index in [-0.39, 0.29) is 6.23 Å². The second-order valence-electron chi connectivity index (χ2n) is 4.30. The van der Waals surface area contributed by atoms with Gasteiger partial charge in [-0.3, -0.25) is 5.32 Å². The molecule has 0 saturated heterocycles. The lowest BCUT2D eigenvalue weighted by atomic mass is 10.1. The fraction of sp³-hybridized carbons (Fsp3) is 1.00. The van der Waals surface area contributed by atoms with Gasteiger partial charge in [0.2, 0.25) is 0 Å². The van der Waals surface area contributed by atoms with Gasteiger partial charge in [-0.2, -0.15) is 0 Å². The molecule has 2 N–H and O–H groups in total. The Balaban J connectivity index is 3.10. The second-order valence-corrected chi connectivity index (χ2v) is 4.30. The smallest absolute Gasteiger partial charge is 0.102 e. The molecule has 0 aliphatic rings. The van der Waals surface area contributed by atoms with E-state index in [1.165, 1.54) is 44.9 Å². The molecular weight excluding hydrogens is 174 g/mol. The summed E-state index contributed by atoms with van der Waals surface area (Å²) in [6.45, 7) is 6.16. The number of nitrogens with one attached hydrogen (secondary N) is 1. The van der Waals surface area contributed by atoms with Crippen LogP contribution in [0.4, 0.5) is 0 Å². The van der Waals surface area contributed by atoms with Crippen molar-refractivity contribution in [3.8, 4) is 0 Å². The number of hydrogen-bond acceptors (Lipinski definition) is 2. The topological polar surface area (TPSA) is 32.3 Å². The fourth-order valence-electron chi connectivity index (χ4n) is 1.73. The lowest BCUT2D eigenvalue weighted by Gasteiger charge is -2.15. The van der Waals surface area contributed by atoms with Gasteiger partial charge in [0, 0.05) is 6.04 Å². The van der Waals surface area contributed by atoms with Crippen molar-refractivity contribution >= 4 is 0 Å². The molecule has 2 nitrogen and oxygen atoms in total. The van der Waals surface area contributed by atoms with Crippen LogP contribution in [0.25, 0.3) is 0 Å². The average molecular weight is 201 g/mol. The average Bonchev–Trinajstić information content (AvgIpc) is 2.10. The van der Waals surface area contributed by atoms with Gasteiger partial charge in [0.05, 0.1) is 0 Å². The van der Waals surface area contributed by atoms with Crippen molar-refractivity contribution in [2.45, 2.75) is 78.0 Å². The van der Waals surface area contributed by atoms with E-state index in [1.807, 2.05) is 0 Å². The summed E-state index contributed by atoms with van der Waals surface area (Å²) in [5.74, 6) is 0. The molecule has 0 fully saturated rings. The first-order chi connectivity index (χ1) is 6.66. The van der Waals surface area contributed by atoms with Crippen molar-refractivity contribution in [1.82, 2.24) is 5.32 Å². The maximum atomic E-state index is 9.08. The highest BCUT2D eigenvalue weighted by molar-refractivity contribution is 4.60. The third-order valence-corrected chi connectivity index (χ3v) is 2.52. The molecule has 0 aromatic heterocycles. The molecule has 0 radical (unpaired) electrons. The molecule has 0 aliphatic carbocycles. The Bertz CT molecular complexity index is 115. The minimum Gasteiger partial charge on any atom is -0.379 e. The van der Waals surface area contributed by atoms with Crippen molar-refractivity contribution in [2.75, 3.05) is 0 Å². The van der Waals surface area contributed by atoms with E-state index in [9.17, 15) is 0 Å². The summed E-state index contributed by atoms with van der Waals surface area (Å²) in [5.41, 5.74) is 0. The van der Waals surface area contributed by atoms with Gasteiger partial charge < -0.3 is 5.11 Å². The third-order valence-electron chi connectivity index (χ3n) is 2.52. The van der Waals surface area contributed by atoms with Gasteiger partial charge in [-0.25, -0.2) is 0 Å². The van der Waals surface area contributed by atoms with Crippen LogP contribution in [0.2, 0.25) is 0 Å². The van der Waals surface area contributed by atoms with Crippen LogP contribution in [0.1, 0.15) is 65.7 Å². The summed E-state index contributed by atoms with van der Waals surface area (Å²) in [7, 11) is 0. The highest BCUT2D eigenvalue weighted by atomic mass is 16.3. The number of hydrogen-bond donors (Lipinski definition) is 2. The lowest BCUT2D eigenvalue weighted by molar-refractivity contribution is 0.141. The molecule has 14 heavy (non-hydrogen) atoms. The van der Waals surface area contributed by atoms with Crippen LogP contribution in [0.15, 0.2) is 0 Å². The normalized spacial score (nSPS) is 15.4. The van der Waals surface area contributed by atoms with Crippen LogP contribution in [0, 0.1) is 0 Å². The molecule has 0 heterocycles. The number of unbranched alkanes of at least 4 members (excludes halogenated alkanes) is 5. The zero-order valence-electron chi connectivity index (χ0n) is 10.1. The van der Waals surface area contributed by atoms with E-state index in [1.54, 1.807) is 6.92 Å². The molecule has 0 saturated carbocycles. The number of rotatable bonds is 9. The van der Waals surface area contributed by atoms with E-state index in [0.717, 1.165) is 0 Å². The molecule has 2 atom stereocenters. The standard InChI is InChI=1S/C12H27NO/c1-4-5-6-7-8-9-10-11(2)13-12(3)14/h11-14H,4-10H2,1-3H3. The van der Waals surface area contributed by atoms with Gasteiger partial charge in [0.25, 0.3) is 0 Å². The molecule has 0 aromatic rings. The van der Waals surface area contributed by atoms with Crippen LogP contribution in [0.5, 0.6) is 0 Å². The lowest BCUT2D eigenvalue weighted by Crippen LogP contribution is -2.33. The third kappa shape index (κ3) is 10.0. The second kappa shape index (κ2) is 9.47. The van der Waals surface area contributed by atoms with Crippen LogP contribution in [0.3, 0.4) is 0 Å². The van der Waals surface area contributed by atoms with Gasteiger partial charge >= 0.3 is 0 Å². The molecule has 86 valence electrons. The van der Waals surface area contributed by atoms with Crippen LogP contribution in [-0.2, 0) is 0 Å². The molecule has 2 heteroatoms. The largest absolute Gasteiger partial charge is 0.379 e. The van der Waals surface area contributed by atoms with Crippen LogP contribution < -0.4 is 5.32 Å². The molecule has 0 bridgehead atoms. The summed E-state index contributed by atoms with van der Waals surface area (Å²) in [6.07, 6.45) is 8.88. The van der Waals surface area contributed by atoms with E-state index >= 15 is 0 Å². The van der Waals surface area contributed by atoms with Gasteiger partial charge in [-0.1, -0.05) is 45.4 Å². The maximum absolute atomic E-state index is 9.08. The zero-order chi connectivity index (χ0) is 10.8. The highest BCUT2D eigenvalue weighted by Gasteiger charge is 2.03. The summed E-state index contributed by atoms with van der Waals surface area (Å²) in [6, 6.07) is 0.446. The Labute approximate surface area is 89.1 Å². The molecule has 0 aromatic carbocycles. The van der Waals surface area contributed by atoms with Crippen LogP contribution in [-0.4, -0.2) is 17.4 Å². The van der Waals surface area contributed by atoms with Gasteiger partial charge in [0.15, 0.2) is 0 Å². The summed E-state index contributed by atoms with van der Waals surface area (Å²) in [4.78, 5) is 0. The van der Waals surface area contributed by atoms with Crippen LogP contribution >= 0.6 is 0 Å². The highest BCUT2D eigenvalue weighted by Crippen LogP contribution is 2.08. The van der Waals surface area contributed by atoms with E-state index in [4.69, 9.17) is 5.11 Å². The molecule has 0 amide bonds. The minimum atomic E-state index is -0.370. The first-order valence-corrected chi connectivity index (χ1v) is 6.11. The van der Waals surface area contributed by atoms with Crippen molar-refractivity contribution in [3.63, 3.8) is 0 Å². The van der Waals surface area contributed by atoms with E-state index in [2.05, 4.69) is 19.2 Å². The Morgan fingerprint density at radius 3 is 2.14 bits per heavy atom. The van der Waals surface area contributed by atoms with E-state index in [0.29, 0.717) is 6.04 Å². The first-order valence-electron chi connectivity index (χ1n) is 6.11. The Morgan fingerprint density at radius 2 is 1.57 bits per heavy atom. The van der Waals surface area contributed by atoms with Gasteiger partial charge in [0.1, 0.15) is 6.23 Å². The molecule has 0 spiro atoms. The Morgan fingerprint density at radius 1 is 1.00 bits per heavy atom. The van der Waals surface area contributed by atoms with Crippen molar-refractivity contribution in [1.29, 1.82) is 0 Å². The quantitative estimate of drug-likeness (QED) is 0.444. The fourth-order valence-corrected chi connectivity index (χ4v) is 1.73.